The molecule has 9 nitrogen and oxygen atoms in total. The minimum atomic E-state index is -1.33. The molecule has 186 valence electrons. The van der Waals surface area contributed by atoms with Crippen LogP contribution in [0.1, 0.15) is 12.0 Å². The minimum Gasteiger partial charge on any atom is -0.465 e. The number of carboxylic acid groups (broad SMARTS) is 1. The van der Waals surface area contributed by atoms with E-state index in [0.717, 1.165) is 26.6 Å². The van der Waals surface area contributed by atoms with Crippen LogP contribution >= 0.6 is 0 Å². The van der Waals surface area contributed by atoms with Gasteiger partial charge in [-0.3, -0.25) is 4.90 Å². The number of likely N-dealkylation sites (N-methyl/N-ethyl adjacent to an activating group) is 1. The van der Waals surface area contributed by atoms with E-state index in [1.54, 1.807) is 18.2 Å². The number of nitrogens with one attached hydrogen (secondary N) is 1. The molecule has 1 heterocycles. The van der Waals surface area contributed by atoms with Gasteiger partial charge in [0.05, 0.1) is 25.3 Å². The van der Waals surface area contributed by atoms with Gasteiger partial charge in [0.1, 0.15) is 5.82 Å². The summed E-state index contributed by atoms with van der Waals surface area (Å²) < 4.78 is 27.3. The van der Waals surface area contributed by atoms with Crippen molar-refractivity contribution in [3.05, 3.63) is 71.9 Å². The second kappa shape index (κ2) is 11.5. The van der Waals surface area contributed by atoms with Crippen LogP contribution < -0.4 is 10.2 Å². The molecule has 4 N–H and O–H groups in total. The van der Waals surface area contributed by atoms with Gasteiger partial charge in [0.2, 0.25) is 0 Å². The number of nitrogens with zero attached hydrogens (tertiary/aromatic N) is 3. The van der Waals surface area contributed by atoms with Crippen molar-refractivity contribution in [3.63, 3.8) is 0 Å². The highest BCUT2D eigenvalue weighted by Crippen LogP contribution is 2.21. The lowest BCUT2D eigenvalue weighted by molar-refractivity contribution is 0.0671. The molecule has 3 amide bonds. The predicted octanol–water partition coefficient (Wildman–Crippen LogP) is 2.95. The van der Waals surface area contributed by atoms with Gasteiger partial charge in [-0.2, -0.15) is 0 Å². The maximum absolute atomic E-state index is 13.9. The number of hydrogen-bond acceptors (Lipinski definition) is 5. The number of halogens is 2. The first kappa shape index (κ1) is 25.8. The average Bonchev–Trinajstić information content (AvgIpc) is 2.86. The van der Waals surface area contributed by atoms with Gasteiger partial charge in [0, 0.05) is 30.7 Å². The quantitative estimate of drug-likeness (QED) is 0.367. The van der Waals surface area contributed by atoms with Crippen LogP contribution in [0.5, 0.6) is 0 Å². The van der Waals surface area contributed by atoms with Gasteiger partial charge in [-0.25, -0.2) is 23.4 Å². The molecule has 0 bridgehead atoms. The molecule has 0 unspecified atom stereocenters. The molecule has 2 atom stereocenters. The van der Waals surface area contributed by atoms with E-state index in [1.807, 2.05) is 12.1 Å². The Morgan fingerprint density at radius 1 is 1.11 bits per heavy atom. The number of urea groups is 1. The van der Waals surface area contributed by atoms with E-state index < -0.39 is 42.5 Å². The lowest BCUT2D eigenvalue weighted by Gasteiger charge is -2.33. The number of benzene rings is 2. The summed E-state index contributed by atoms with van der Waals surface area (Å²) in [5, 5.41) is 33.2. The molecule has 0 fully saturated rings. The molecule has 35 heavy (non-hydrogen) atoms. The molecule has 11 heteroatoms. The molecular formula is C24H26F2N4O5. The number of amides is 3. The van der Waals surface area contributed by atoms with Gasteiger partial charge in [-0.15, -0.1) is 0 Å². The van der Waals surface area contributed by atoms with Gasteiger partial charge in [0.15, 0.2) is 11.6 Å². The van der Waals surface area contributed by atoms with Crippen LogP contribution in [0.25, 0.3) is 10.8 Å². The number of fused-ring (bicyclic) bond motifs is 1. The first-order valence-electron chi connectivity index (χ1n) is 10.8. The maximum Gasteiger partial charge on any atom is 0.413 e. The normalized spacial score (nSPS) is 12.7. The monoisotopic (exact) mass is 488 g/mol. The number of pyridine rings is 1. The molecule has 0 saturated carbocycles. The van der Waals surface area contributed by atoms with Crippen molar-refractivity contribution in [1.29, 1.82) is 0 Å². The van der Waals surface area contributed by atoms with E-state index >= 15 is 0 Å². The Bertz CT molecular complexity index is 1200. The summed E-state index contributed by atoms with van der Waals surface area (Å²) in [5.41, 5.74) is -0.0637. The smallest absolute Gasteiger partial charge is 0.413 e. The van der Waals surface area contributed by atoms with E-state index in [1.165, 1.54) is 25.4 Å². The van der Waals surface area contributed by atoms with Gasteiger partial charge < -0.3 is 25.5 Å². The third-order valence-corrected chi connectivity index (χ3v) is 5.60. The lowest BCUT2D eigenvalue weighted by Crippen LogP contribution is -2.51. The lowest BCUT2D eigenvalue weighted by atomic mass is 10.1. The van der Waals surface area contributed by atoms with E-state index in [9.17, 15) is 33.7 Å². The standard InChI is InChI=1S/C24H26F2N4O5/c1-29(23(33)28-12-17-7-4-8-20(25)22(17)26)18(10-19(32)14-31)13-30(24(34)35)21-9-15-5-2-3-6-16(15)11-27-21/h2-9,11,18-19,31-32H,10,12-14H2,1H3,(H,28,33)(H,34,35)/t18-,19-/m0/s1. The Hall–Kier alpha value is -3.83. The van der Waals surface area contributed by atoms with Crippen molar-refractivity contribution in [2.75, 3.05) is 25.1 Å². The molecule has 3 aromatic rings. The molecule has 0 aliphatic heterocycles. The molecule has 3 rings (SSSR count). The van der Waals surface area contributed by atoms with E-state index in [0.29, 0.717) is 0 Å². The average molecular weight is 488 g/mol. The molecule has 0 saturated heterocycles. The topological polar surface area (TPSA) is 126 Å². The van der Waals surface area contributed by atoms with Crippen molar-refractivity contribution >= 4 is 28.7 Å². The zero-order valence-corrected chi connectivity index (χ0v) is 18.9. The van der Waals surface area contributed by atoms with Gasteiger partial charge in [-0.05, 0) is 23.9 Å². The number of hydrogen-bond donors (Lipinski definition) is 4. The SMILES string of the molecule is CN(C(=O)NCc1cccc(F)c1F)[C@@H](C[C@H](O)CO)CN(C(=O)O)c1cc2ccccc2cn1. The molecule has 0 radical (unpaired) electrons. The summed E-state index contributed by atoms with van der Waals surface area (Å²) >= 11 is 0. The van der Waals surface area contributed by atoms with Crippen molar-refractivity contribution in [2.45, 2.75) is 25.1 Å². The zero-order chi connectivity index (χ0) is 25.5. The zero-order valence-electron chi connectivity index (χ0n) is 18.9. The third kappa shape index (κ3) is 6.40. The van der Waals surface area contributed by atoms with Crippen LogP contribution in [-0.4, -0.2) is 69.7 Å². The van der Waals surface area contributed by atoms with Crippen LogP contribution in [0.2, 0.25) is 0 Å². The number of rotatable bonds is 9. The summed E-state index contributed by atoms with van der Waals surface area (Å²) in [7, 11) is 1.37. The minimum absolute atomic E-state index is 0.0637. The van der Waals surface area contributed by atoms with E-state index in [2.05, 4.69) is 10.3 Å². The Morgan fingerprint density at radius 2 is 1.83 bits per heavy atom. The number of carbonyl (C=O) groups excluding carboxylic acids is 1. The van der Waals surface area contributed by atoms with Crippen LogP contribution in [0.4, 0.5) is 24.2 Å². The largest absolute Gasteiger partial charge is 0.465 e. The molecule has 0 aliphatic rings. The molecule has 0 spiro atoms. The molecular weight excluding hydrogens is 462 g/mol. The van der Waals surface area contributed by atoms with E-state index in [-0.39, 0.29) is 30.9 Å². The molecule has 1 aromatic heterocycles. The summed E-state index contributed by atoms with van der Waals surface area (Å²) in [6.45, 7) is -1.17. The van der Waals surface area contributed by atoms with Crippen LogP contribution in [0.3, 0.4) is 0 Å². The predicted molar refractivity (Wildman–Crippen MR) is 125 cm³/mol. The first-order valence-corrected chi connectivity index (χ1v) is 10.8. The number of carbonyl (C=O) groups is 2. The van der Waals surface area contributed by atoms with Crippen molar-refractivity contribution in [2.24, 2.45) is 0 Å². The Balaban J connectivity index is 1.80. The van der Waals surface area contributed by atoms with Crippen molar-refractivity contribution in [3.8, 4) is 0 Å². The van der Waals surface area contributed by atoms with Crippen LogP contribution in [0, 0.1) is 11.6 Å². The summed E-state index contributed by atoms with van der Waals surface area (Å²) in [6.07, 6.45) is -1.17. The number of aliphatic hydroxyl groups is 2. The summed E-state index contributed by atoms with van der Waals surface area (Å²) in [6, 6.07) is 10.9. The maximum atomic E-state index is 13.9. The van der Waals surface area contributed by atoms with Gasteiger partial charge in [0.25, 0.3) is 0 Å². The summed E-state index contributed by atoms with van der Waals surface area (Å²) in [5.74, 6) is -2.01. The molecule has 0 aliphatic carbocycles. The Morgan fingerprint density at radius 3 is 2.51 bits per heavy atom. The fourth-order valence-electron chi connectivity index (χ4n) is 3.59. The fourth-order valence-corrected chi connectivity index (χ4v) is 3.59. The highest BCUT2D eigenvalue weighted by Gasteiger charge is 2.28. The van der Waals surface area contributed by atoms with Crippen LogP contribution in [-0.2, 0) is 6.54 Å². The second-order valence-corrected chi connectivity index (χ2v) is 7.99. The number of aromatic nitrogens is 1. The number of aliphatic hydroxyl groups excluding tert-OH is 2. The van der Waals surface area contributed by atoms with Crippen LogP contribution in [0.15, 0.2) is 54.7 Å². The second-order valence-electron chi connectivity index (χ2n) is 7.99. The Kier molecular flexibility index (Phi) is 8.50. The van der Waals surface area contributed by atoms with Crippen molar-refractivity contribution in [1.82, 2.24) is 15.2 Å². The highest BCUT2D eigenvalue weighted by molar-refractivity contribution is 5.90. The van der Waals surface area contributed by atoms with Gasteiger partial charge >= 0.3 is 12.1 Å². The third-order valence-electron chi connectivity index (χ3n) is 5.60. The fraction of sp³-hybridized carbons (Fsp3) is 0.292. The number of anilines is 1. The Labute approximate surface area is 200 Å². The summed E-state index contributed by atoms with van der Waals surface area (Å²) in [4.78, 5) is 31.1. The highest BCUT2D eigenvalue weighted by atomic mass is 19.2. The van der Waals surface area contributed by atoms with Gasteiger partial charge in [-0.1, -0.05) is 36.4 Å². The van der Waals surface area contributed by atoms with E-state index in [4.69, 9.17) is 0 Å². The first-order chi connectivity index (χ1) is 16.7. The molecule has 2 aromatic carbocycles. The van der Waals surface area contributed by atoms with Crippen molar-refractivity contribution < 1.29 is 33.7 Å².